The molecule has 126 valence electrons. The Kier molecular flexibility index (Phi) is 5.65. The van der Waals surface area contributed by atoms with Gasteiger partial charge in [-0.05, 0) is 32.6 Å². The van der Waals surface area contributed by atoms with E-state index in [0.717, 1.165) is 5.56 Å². The number of carbonyl (C=O) groups excluding carboxylic acids is 1. The van der Waals surface area contributed by atoms with Crippen molar-refractivity contribution in [3.8, 4) is 0 Å². The monoisotopic (exact) mass is 327 g/mol. The first-order chi connectivity index (χ1) is 11.4. The lowest BCUT2D eigenvalue weighted by Gasteiger charge is -2.25. The van der Waals surface area contributed by atoms with Crippen LogP contribution in [0, 0.1) is 17.0 Å². The summed E-state index contributed by atoms with van der Waals surface area (Å²) in [5.41, 5.74) is 1.49. The van der Waals surface area contributed by atoms with Crippen molar-refractivity contribution in [3.63, 3.8) is 0 Å². The summed E-state index contributed by atoms with van der Waals surface area (Å²) in [7, 11) is 3.86. The van der Waals surface area contributed by atoms with Crippen LogP contribution in [0.15, 0.2) is 48.5 Å². The highest BCUT2D eigenvalue weighted by atomic mass is 16.6. The van der Waals surface area contributed by atoms with Crippen molar-refractivity contribution in [2.75, 3.05) is 20.6 Å². The van der Waals surface area contributed by atoms with Crippen molar-refractivity contribution < 1.29 is 9.72 Å². The van der Waals surface area contributed by atoms with E-state index in [1.54, 1.807) is 19.1 Å². The molecule has 0 spiro atoms. The molecule has 1 amide bonds. The Labute approximate surface area is 141 Å². The predicted octanol–water partition coefficient (Wildman–Crippen LogP) is 2.94. The number of nitro groups is 1. The van der Waals surface area contributed by atoms with E-state index in [9.17, 15) is 14.9 Å². The van der Waals surface area contributed by atoms with Gasteiger partial charge in [0.25, 0.3) is 11.6 Å². The van der Waals surface area contributed by atoms with Crippen LogP contribution in [-0.2, 0) is 0 Å². The van der Waals surface area contributed by atoms with E-state index in [2.05, 4.69) is 5.32 Å². The fourth-order valence-corrected chi connectivity index (χ4v) is 2.64. The van der Waals surface area contributed by atoms with Crippen LogP contribution in [-0.4, -0.2) is 36.4 Å². The molecule has 2 aromatic carbocycles. The second kappa shape index (κ2) is 7.70. The molecule has 0 fully saturated rings. The number of para-hydroxylation sites is 1. The molecule has 2 rings (SSSR count). The molecule has 1 unspecified atom stereocenters. The summed E-state index contributed by atoms with van der Waals surface area (Å²) >= 11 is 0. The van der Waals surface area contributed by atoms with E-state index in [1.807, 2.05) is 49.3 Å². The molecule has 6 nitrogen and oxygen atoms in total. The van der Waals surface area contributed by atoms with Gasteiger partial charge in [-0.25, -0.2) is 0 Å². The smallest absolute Gasteiger partial charge is 0.285 e. The molecule has 0 heterocycles. The van der Waals surface area contributed by atoms with E-state index < -0.39 is 10.8 Å². The minimum atomic E-state index is -0.509. The number of nitrogens with zero attached hydrogens (tertiary/aromatic N) is 2. The predicted molar refractivity (Wildman–Crippen MR) is 93.0 cm³/mol. The summed E-state index contributed by atoms with van der Waals surface area (Å²) in [6, 6.07) is 14.5. The Hall–Kier alpha value is -2.73. The first kappa shape index (κ1) is 17.6. The van der Waals surface area contributed by atoms with Gasteiger partial charge < -0.3 is 10.2 Å². The number of nitro benzene ring substituents is 1. The molecule has 1 N–H and O–H groups in total. The molecule has 0 saturated carbocycles. The van der Waals surface area contributed by atoms with Gasteiger partial charge in [0.15, 0.2) is 0 Å². The third kappa shape index (κ3) is 3.97. The van der Waals surface area contributed by atoms with Crippen molar-refractivity contribution in [1.29, 1.82) is 0 Å². The fraction of sp³-hybridized carbons (Fsp3) is 0.278. The molecule has 6 heteroatoms. The van der Waals surface area contributed by atoms with Gasteiger partial charge in [-0.2, -0.15) is 0 Å². The number of rotatable bonds is 6. The van der Waals surface area contributed by atoms with Crippen LogP contribution < -0.4 is 5.32 Å². The zero-order chi connectivity index (χ0) is 17.7. The second-order valence-corrected chi connectivity index (χ2v) is 5.83. The van der Waals surface area contributed by atoms with Gasteiger partial charge in [0.05, 0.1) is 11.0 Å². The largest absolute Gasteiger partial charge is 0.350 e. The SMILES string of the molecule is Cc1cccc(C(=O)NCC(c2ccccc2)N(C)C)c1[N+](=O)[O-]. The Balaban J connectivity index is 2.18. The van der Waals surface area contributed by atoms with Gasteiger partial charge in [0.1, 0.15) is 5.56 Å². The summed E-state index contributed by atoms with van der Waals surface area (Å²) in [6.07, 6.45) is 0. The van der Waals surface area contributed by atoms with Crippen LogP contribution in [0.2, 0.25) is 0 Å². The zero-order valence-corrected chi connectivity index (χ0v) is 14.0. The van der Waals surface area contributed by atoms with Crippen LogP contribution >= 0.6 is 0 Å². The maximum atomic E-state index is 12.4. The molecule has 1 atom stereocenters. The number of carbonyl (C=O) groups is 1. The summed E-state index contributed by atoms with van der Waals surface area (Å²) in [5, 5.41) is 14.0. The molecule has 0 bridgehead atoms. The topological polar surface area (TPSA) is 75.5 Å². The van der Waals surface area contributed by atoms with Gasteiger partial charge in [-0.15, -0.1) is 0 Å². The Bertz CT molecular complexity index is 730. The number of amides is 1. The van der Waals surface area contributed by atoms with E-state index >= 15 is 0 Å². The van der Waals surface area contributed by atoms with Crippen LogP contribution in [0.25, 0.3) is 0 Å². The minimum Gasteiger partial charge on any atom is -0.350 e. The lowest BCUT2D eigenvalue weighted by molar-refractivity contribution is -0.385. The van der Waals surface area contributed by atoms with Gasteiger partial charge in [0, 0.05) is 12.1 Å². The Morgan fingerprint density at radius 3 is 2.42 bits per heavy atom. The molecule has 0 aliphatic heterocycles. The number of hydrogen-bond acceptors (Lipinski definition) is 4. The van der Waals surface area contributed by atoms with Crippen LogP contribution in [0.5, 0.6) is 0 Å². The highest BCUT2D eigenvalue weighted by molar-refractivity contribution is 5.98. The molecule has 0 aliphatic rings. The van der Waals surface area contributed by atoms with E-state index in [-0.39, 0.29) is 17.3 Å². The van der Waals surface area contributed by atoms with Crippen molar-refractivity contribution >= 4 is 11.6 Å². The quantitative estimate of drug-likeness (QED) is 0.654. The maximum absolute atomic E-state index is 12.4. The number of nitrogens with one attached hydrogen (secondary N) is 1. The molecule has 24 heavy (non-hydrogen) atoms. The number of hydrogen-bond donors (Lipinski definition) is 1. The lowest BCUT2D eigenvalue weighted by Crippen LogP contribution is -2.34. The fourth-order valence-electron chi connectivity index (χ4n) is 2.64. The second-order valence-electron chi connectivity index (χ2n) is 5.83. The average Bonchev–Trinajstić information content (AvgIpc) is 2.55. The maximum Gasteiger partial charge on any atom is 0.285 e. The average molecular weight is 327 g/mol. The zero-order valence-electron chi connectivity index (χ0n) is 14.0. The summed E-state index contributed by atoms with van der Waals surface area (Å²) in [4.78, 5) is 25.2. The molecule has 0 aliphatic carbocycles. The number of aryl methyl sites for hydroxylation is 1. The molecule has 2 aromatic rings. The molecular weight excluding hydrogens is 306 g/mol. The summed E-state index contributed by atoms with van der Waals surface area (Å²) < 4.78 is 0. The molecule has 0 saturated heterocycles. The Morgan fingerprint density at radius 1 is 1.17 bits per heavy atom. The van der Waals surface area contributed by atoms with Crippen LogP contribution in [0.4, 0.5) is 5.69 Å². The third-order valence-electron chi connectivity index (χ3n) is 3.93. The highest BCUT2D eigenvalue weighted by Crippen LogP contribution is 2.23. The van der Waals surface area contributed by atoms with E-state index in [0.29, 0.717) is 12.1 Å². The normalized spacial score (nSPS) is 12.0. The molecule has 0 aromatic heterocycles. The summed E-state index contributed by atoms with van der Waals surface area (Å²) in [6.45, 7) is 1.99. The number of benzene rings is 2. The van der Waals surface area contributed by atoms with Gasteiger partial charge >= 0.3 is 0 Å². The van der Waals surface area contributed by atoms with Crippen molar-refractivity contribution in [3.05, 3.63) is 75.3 Å². The highest BCUT2D eigenvalue weighted by Gasteiger charge is 2.23. The van der Waals surface area contributed by atoms with Gasteiger partial charge in [-0.1, -0.05) is 42.5 Å². The van der Waals surface area contributed by atoms with Crippen LogP contribution in [0.1, 0.15) is 27.5 Å². The standard InChI is InChI=1S/C18H21N3O3/c1-13-8-7-11-15(17(13)21(23)24)18(22)19-12-16(20(2)3)14-9-5-4-6-10-14/h4-11,16H,12H2,1-3H3,(H,19,22). The van der Waals surface area contributed by atoms with Gasteiger partial charge in [-0.3, -0.25) is 14.9 Å². The third-order valence-corrected chi connectivity index (χ3v) is 3.93. The summed E-state index contributed by atoms with van der Waals surface area (Å²) in [5.74, 6) is -0.437. The van der Waals surface area contributed by atoms with Crippen molar-refractivity contribution in [1.82, 2.24) is 10.2 Å². The first-order valence-corrected chi connectivity index (χ1v) is 7.65. The Morgan fingerprint density at radius 2 is 1.83 bits per heavy atom. The first-order valence-electron chi connectivity index (χ1n) is 7.65. The van der Waals surface area contributed by atoms with E-state index in [4.69, 9.17) is 0 Å². The molecule has 0 radical (unpaired) electrons. The van der Waals surface area contributed by atoms with E-state index in [1.165, 1.54) is 6.07 Å². The lowest BCUT2D eigenvalue weighted by atomic mass is 10.0. The molecular formula is C18H21N3O3. The van der Waals surface area contributed by atoms with Crippen molar-refractivity contribution in [2.45, 2.75) is 13.0 Å². The van der Waals surface area contributed by atoms with Crippen molar-refractivity contribution in [2.24, 2.45) is 0 Å². The number of likely N-dealkylation sites (N-methyl/N-ethyl adjacent to an activating group) is 1. The minimum absolute atomic E-state index is 0.0148. The van der Waals surface area contributed by atoms with Crippen LogP contribution in [0.3, 0.4) is 0 Å². The van der Waals surface area contributed by atoms with Gasteiger partial charge in [0.2, 0.25) is 0 Å².